The Bertz CT molecular complexity index is 789. The van der Waals surface area contributed by atoms with E-state index in [1.54, 1.807) is 6.07 Å². The van der Waals surface area contributed by atoms with E-state index in [2.05, 4.69) is 29.3 Å². The Kier molecular flexibility index (Phi) is 5.88. The number of carbonyl (C=O) groups excluding carboxylic acids is 1. The van der Waals surface area contributed by atoms with Crippen molar-refractivity contribution in [3.8, 4) is 0 Å². The van der Waals surface area contributed by atoms with Crippen LogP contribution >= 0.6 is 11.8 Å². The first kappa shape index (κ1) is 18.4. The van der Waals surface area contributed by atoms with Gasteiger partial charge in [0.15, 0.2) is 0 Å². The molecule has 6 nitrogen and oxygen atoms in total. The Morgan fingerprint density at radius 1 is 1.35 bits per heavy atom. The Morgan fingerprint density at radius 3 is 2.96 bits per heavy atom. The van der Waals surface area contributed by atoms with Crippen LogP contribution in [0, 0.1) is 0 Å². The molecule has 2 heterocycles. The van der Waals surface area contributed by atoms with Crippen molar-refractivity contribution < 1.29 is 19.1 Å². The van der Waals surface area contributed by atoms with Crippen LogP contribution in [-0.2, 0) is 17.8 Å². The first-order chi connectivity index (χ1) is 12.6. The van der Waals surface area contributed by atoms with E-state index in [-0.39, 0.29) is 11.7 Å². The summed E-state index contributed by atoms with van der Waals surface area (Å²) in [6, 6.07) is 10.3. The van der Waals surface area contributed by atoms with Gasteiger partial charge >= 0.3 is 5.97 Å². The van der Waals surface area contributed by atoms with Crippen LogP contribution in [0.2, 0.25) is 0 Å². The van der Waals surface area contributed by atoms with Crippen LogP contribution in [0.5, 0.6) is 0 Å². The Balaban J connectivity index is 1.60. The quantitative estimate of drug-likeness (QED) is 0.692. The van der Waals surface area contributed by atoms with Crippen molar-refractivity contribution in [2.24, 2.45) is 0 Å². The Hall–Kier alpha value is -2.41. The minimum absolute atomic E-state index is 0.0408. The number of carbonyl (C=O) groups is 2. The Morgan fingerprint density at radius 2 is 2.15 bits per heavy atom. The van der Waals surface area contributed by atoms with Crippen LogP contribution in [0.25, 0.3) is 0 Å². The number of nitrogens with zero attached hydrogens (tertiary/aromatic N) is 1. The number of nitrogens with one attached hydrogen (secondary N) is 1. The van der Waals surface area contributed by atoms with Crippen molar-refractivity contribution >= 4 is 29.3 Å². The number of hydrogen-bond acceptors (Lipinski definition) is 5. The topological polar surface area (TPSA) is 82.8 Å². The standard InChI is InChI=1S/C19H22N2O4S/c1-13-10-14-4-2-3-5-16(14)21(13)11-17-15(6-8-25-17)19(24)20-7-9-26-12-18(22)23/h2-6,8,13H,7,9-12H2,1H3,(H,20,24)(H,22,23). The molecule has 3 rings (SSSR count). The van der Waals surface area contributed by atoms with Gasteiger partial charge in [-0.05, 0) is 31.0 Å². The molecule has 26 heavy (non-hydrogen) atoms. The Labute approximate surface area is 156 Å². The predicted molar refractivity (Wildman–Crippen MR) is 102 cm³/mol. The summed E-state index contributed by atoms with van der Waals surface area (Å²) in [7, 11) is 0. The van der Waals surface area contributed by atoms with Crippen LogP contribution in [0.15, 0.2) is 41.0 Å². The molecule has 1 amide bonds. The van der Waals surface area contributed by atoms with Crippen molar-refractivity contribution in [3.05, 3.63) is 53.5 Å². The highest BCUT2D eigenvalue weighted by molar-refractivity contribution is 7.99. The van der Waals surface area contributed by atoms with E-state index < -0.39 is 5.97 Å². The van der Waals surface area contributed by atoms with E-state index in [1.807, 2.05) is 12.1 Å². The highest BCUT2D eigenvalue weighted by Gasteiger charge is 2.27. The number of benzene rings is 1. The van der Waals surface area contributed by atoms with Crippen LogP contribution in [-0.4, -0.2) is 41.1 Å². The summed E-state index contributed by atoms with van der Waals surface area (Å²) in [5, 5.41) is 11.4. The zero-order chi connectivity index (χ0) is 18.5. The molecular weight excluding hydrogens is 352 g/mol. The van der Waals surface area contributed by atoms with Crippen molar-refractivity contribution in [2.75, 3.05) is 23.0 Å². The number of aliphatic carboxylic acids is 1. The molecule has 7 heteroatoms. The molecule has 0 spiro atoms. The highest BCUT2D eigenvalue weighted by atomic mass is 32.2. The molecule has 2 N–H and O–H groups in total. The summed E-state index contributed by atoms with van der Waals surface area (Å²) in [6.45, 7) is 3.13. The van der Waals surface area contributed by atoms with Gasteiger partial charge in [-0.1, -0.05) is 18.2 Å². The van der Waals surface area contributed by atoms with Gasteiger partial charge in [-0.3, -0.25) is 9.59 Å². The normalized spacial score (nSPS) is 15.7. The van der Waals surface area contributed by atoms with Gasteiger partial charge in [-0.25, -0.2) is 0 Å². The molecule has 0 radical (unpaired) electrons. The van der Waals surface area contributed by atoms with Crippen molar-refractivity contribution in [2.45, 2.75) is 25.9 Å². The molecule has 2 aromatic rings. The van der Waals surface area contributed by atoms with E-state index >= 15 is 0 Å². The third-order valence-corrected chi connectivity index (χ3v) is 5.35. The molecule has 0 bridgehead atoms. The number of carboxylic acids is 1. The average molecular weight is 374 g/mol. The van der Waals surface area contributed by atoms with Crippen LogP contribution in [0.1, 0.15) is 28.6 Å². The maximum absolute atomic E-state index is 12.4. The van der Waals surface area contributed by atoms with Gasteiger partial charge in [0.25, 0.3) is 5.91 Å². The minimum Gasteiger partial charge on any atom is -0.481 e. The lowest BCUT2D eigenvalue weighted by Gasteiger charge is -2.24. The van der Waals surface area contributed by atoms with E-state index in [0.717, 1.165) is 6.42 Å². The second-order valence-corrected chi connectivity index (χ2v) is 7.37. The highest BCUT2D eigenvalue weighted by Crippen LogP contribution is 2.33. The van der Waals surface area contributed by atoms with Crippen molar-refractivity contribution in [1.82, 2.24) is 5.32 Å². The fourth-order valence-electron chi connectivity index (χ4n) is 3.18. The van der Waals surface area contributed by atoms with E-state index in [9.17, 15) is 9.59 Å². The number of para-hydroxylation sites is 1. The first-order valence-electron chi connectivity index (χ1n) is 8.55. The molecule has 1 aliphatic rings. The monoisotopic (exact) mass is 374 g/mol. The van der Waals surface area contributed by atoms with Gasteiger partial charge in [0, 0.05) is 24.0 Å². The van der Waals surface area contributed by atoms with Crippen LogP contribution in [0.3, 0.4) is 0 Å². The summed E-state index contributed by atoms with van der Waals surface area (Å²) >= 11 is 1.28. The molecule has 1 aromatic carbocycles. The zero-order valence-electron chi connectivity index (χ0n) is 14.6. The van der Waals surface area contributed by atoms with Crippen molar-refractivity contribution in [1.29, 1.82) is 0 Å². The predicted octanol–water partition coefficient (Wildman–Crippen LogP) is 2.78. The largest absolute Gasteiger partial charge is 0.481 e. The number of hydrogen-bond donors (Lipinski definition) is 2. The number of amides is 1. The number of furan rings is 1. The summed E-state index contributed by atoms with van der Waals surface area (Å²) in [4.78, 5) is 25.1. The second-order valence-electron chi connectivity index (χ2n) is 6.27. The molecule has 0 saturated carbocycles. The SMILES string of the molecule is CC1Cc2ccccc2N1Cc1occc1C(=O)NCCSCC(=O)O. The van der Waals surface area contributed by atoms with Gasteiger partial charge in [0.2, 0.25) is 0 Å². The molecular formula is C19H22N2O4S. The third-order valence-electron chi connectivity index (χ3n) is 4.41. The van der Waals surface area contributed by atoms with Crippen LogP contribution < -0.4 is 10.2 Å². The van der Waals surface area contributed by atoms with Gasteiger partial charge in [0.1, 0.15) is 5.76 Å². The lowest BCUT2D eigenvalue weighted by atomic mass is 10.1. The molecule has 1 aromatic heterocycles. The molecule has 1 aliphatic heterocycles. The lowest BCUT2D eigenvalue weighted by molar-refractivity contribution is -0.133. The summed E-state index contributed by atoms with van der Waals surface area (Å²) in [6.07, 6.45) is 2.52. The number of thioether (sulfide) groups is 1. The molecule has 138 valence electrons. The number of fused-ring (bicyclic) bond motifs is 1. The molecule has 0 saturated heterocycles. The third kappa shape index (κ3) is 4.22. The molecule has 1 unspecified atom stereocenters. The van der Waals surface area contributed by atoms with Crippen molar-refractivity contribution in [3.63, 3.8) is 0 Å². The fourth-order valence-corrected chi connectivity index (χ4v) is 3.75. The first-order valence-corrected chi connectivity index (χ1v) is 9.70. The minimum atomic E-state index is -0.849. The van der Waals surface area contributed by atoms with Gasteiger partial charge in [-0.2, -0.15) is 0 Å². The van der Waals surface area contributed by atoms with Crippen LogP contribution in [0.4, 0.5) is 5.69 Å². The molecule has 0 fully saturated rings. The lowest BCUT2D eigenvalue weighted by Crippen LogP contribution is -2.31. The zero-order valence-corrected chi connectivity index (χ0v) is 15.4. The van der Waals surface area contributed by atoms with E-state index in [0.29, 0.717) is 36.2 Å². The van der Waals surface area contributed by atoms with Gasteiger partial charge < -0.3 is 19.7 Å². The smallest absolute Gasteiger partial charge is 0.313 e. The number of carboxylic acid groups (broad SMARTS) is 1. The number of rotatable bonds is 8. The van der Waals surface area contributed by atoms with Gasteiger partial charge in [0.05, 0.1) is 24.1 Å². The van der Waals surface area contributed by atoms with E-state index in [1.165, 1.54) is 29.3 Å². The second kappa shape index (κ2) is 8.31. The average Bonchev–Trinajstić information content (AvgIpc) is 3.19. The molecule has 1 atom stereocenters. The fraction of sp³-hybridized carbons (Fsp3) is 0.368. The summed E-state index contributed by atoms with van der Waals surface area (Å²) in [5.41, 5.74) is 3.03. The maximum atomic E-state index is 12.4. The summed E-state index contributed by atoms with van der Waals surface area (Å²) < 4.78 is 5.58. The maximum Gasteiger partial charge on any atom is 0.313 e. The van der Waals surface area contributed by atoms with E-state index in [4.69, 9.17) is 9.52 Å². The number of anilines is 1. The molecule has 0 aliphatic carbocycles. The van der Waals surface area contributed by atoms with Gasteiger partial charge in [-0.15, -0.1) is 11.8 Å². The summed E-state index contributed by atoms with van der Waals surface area (Å²) in [5.74, 6) is 0.202.